The van der Waals surface area contributed by atoms with Crippen molar-refractivity contribution in [2.24, 2.45) is 0 Å². The Balaban J connectivity index is 0.00000180. The van der Waals surface area contributed by atoms with Crippen LogP contribution in [0.15, 0.2) is 24.3 Å². The predicted molar refractivity (Wildman–Crippen MR) is 66.9 cm³/mol. The lowest BCUT2D eigenvalue weighted by atomic mass is 10.1. The Morgan fingerprint density at radius 3 is 2.21 bits per heavy atom. The molecule has 3 N–H and O–H groups in total. The number of carboxylic acid groups (broad SMARTS) is 1. The fourth-order valence-corrected chi connectivity index (χ4v) is 2.11. The Hall–Kier alpha value is -1.92. The van der Waals surface area contributed by atoms with E-state index in [0.717, 1.165) is 13.1 Å². The minimum absolute atomic E-state index is 0. The van der Waals surface area contributed by atoms with E-state index in [2.05, 4.69) is 7.05 Å². The molecule has 2 rings (SSSR count). The Morgan fingerprint density at radius 1 is 1.16 bits per heavy atom. The molecule has 1 amide bonds. The van der Waals surface area contributed by atoms with Crippen molar-refractivity contribution in [3.63, 3.8) is 0 Å². The lowest BCUT2D eigenvalue weighted by Crippen LogP contribution is -3.12. The normalized spacial score (nSPS) is 15.7. The van der Waals surface area contributed by atoms with Crippen LogP contribution in [0.4, 0.5) is 0 Å². The summed E-state index contributed by atoms with van der Waals surface area (Å²) < 4.78 is 0. The van der Waals surface area contributed by atoms with Crippen LogP contribution in [-0.2, 0) is 0 Å². The lowest BCUT2D eigenvalue weighted by Gasteiger charge is -2.30. The second-order valence-corrected chi connectivity index (χ2v) is 4.58. The van der Waals surface area contributed by atoms with Crippen LogP contribution >= 0.6 is 0 Å². The summed E-state index contributed by atoms with van der Waals surface area (Å²) in [5.74, 6) is -1.53. The molecule has 1 fully saturated rings. The van der Waals surface area contributed by atoms with Crippen molar-refractivity contribution in [3.8, 4) is 0 Å². The molecule has 1 aliphatic heterocycles. The molecule has 0 bridgehead atoms. The molecule has 0 aromatic heterocycles. The third-order valence-corrected chi connectivity index (χ3v) is 3.28. The average Bonchev–Trinajstić information content (AvgIpc) is 2.39. The molecule has 1 aromatic carbocycles. The summed E-state index contributed by atoms with van der Waals surface area (Å²) in [6.45, 7) is 3.09. The van der Waals surface area contributed by atoms with Crippen LogP contribution in [0.1, 0.15) is 20.7 Å². The molecular weight excluding hydrogens is 248 g/mol. The van der Waals surface area contributed by atoms with Gasteiger partial charge in [0.2, 0.25) is 0 Å². The number of nitrogens with zero attached hydrogens (tertiary/aromatic N) is 1. The molecule has 19 heavy (non-hydrogen) atoms. The van der Waals surface area contributed by atoms with Crippen molar-refractivity contribution in [2.45, 2.75) is 0 Å². The number of piperazine rings is 1. The summed E-state index contributed by atoms with van der Waals surface area (Å²) in [6, 6.07) is 6.21. The summed E-state index contributed by atoms with van der Waals surface area (Å²) >= 11 is 0. The zero-order valence-electron chi connectivity index (χ0n) is 10.8. The zero-order valence-corrected chi connectivity index (χ0v) is 10.8. The Kier molecular flexibility index (Phi) is 5.02. The first-order chi connectivity index (χ1) is 8.59. The van der Waals surface area contributed by atoms with E-state index in [0.29, 0.717) is 13.1 Å². The average molecular weight is 266 g/mol. The molecule has 0 radical (unpaired) electrons. The van der Waals surface area contributed by atoms with Gasteiger partial charge < -0.3 is 25.2 Å². The SMILES string of the molecule is C[NH+]1CCN(C(=O)c2ccccc2C(=O)[O-])CC1.O. The smallest absolute Gasteiger partial charge is 0.254 e. The highest BCUT2D eigenvalue weighted by molar-refractivity contribution is 6.04. The van der Waals surface area contributed by atoms with Crippen molar-refractivity contribution in [1.82, 2.24) is 4.90 Å². The quantitative estimate of drug-likeness (QED) is 0.626. The van der Waals surface area contributed by atoms with E-state index in [-0.39, 0.29) is 22.5 Å². The van der Waals surface area contributed by atoms with Gasteiger partial charge in [0.15, 0.2) is 0 Å². The van der Waals surface area contributed by atoms with Crippen LogP contribution in [-0.4, -0.2) is 55.5 Å². The van der Waals surface area contributed by atoms with E-state index in [4.69, 9.17) is 0 Å². The van der Waals surface area contributed by atoms with Crippen molar-refractivity contribution in [3.05, 3.63) is 35.4 Å². The van der Waals surface area contributed by atoms with Crippen LogP contribution in [0.2, 0.25) is 0 Å². The van der Waals surface area contributed by atoms with Crippen molar-refractivity contribution >= 4 is 11.9 Å². The number of hydrogen-bond donors (Lipinski definition) is 1. The summed E-state index contributed by atoms with van der Waals surface area (Å²) in [6.07, 6.45) is 0. The molecule has 0 unspecified atom stereocenters. The number of carbonyl (C=O) groups excluding carboxylic acids is 2. The summed E-state index contributed by atoms with van der Waals surface area (Å²) in [5, 5.41) is 11.0. The number of quaternary nitrogens is 1. The van der Waals surface area contributed by atoms with E-state index < -0.39 is 5.97 Å². The number of carbonyl (C=O) groups is 2. The molecule has 1 aromatic rings. The van der Waals surface area contributed by atoms with E-state index in [1.54, 1.807) is 23.1 Å². The summed E-state index contributed by atoms with van der Waals surface area (Å²) in [7, 11) is 2.08. The van der Waals surface area contributed by atoms with Crippen molar-refractivity contribution < 1.29 is 25.1 Å². The number of carboxylic acids is 1. The standard InChI is InChI=1S/C13H16N2O3.H2O/c1-14-6-8-15(9-7-14)12(16)10-4-2-3-5-11(10)13(17)18;/h2-5H,6-9H2,1H3,(H,17,18);1H2. The van der Waals surface area contributed by atoms with E-state index >= 15 is 0 Å². The first kappa shape index (κ1) is 15.1. The van der Waals surface area contributed by atoms with Gasteiger partial charge in [0.1, 0.15) is 0 Å². The molecule has 1 saturated heterocycles. The van der Waals surface area contributed by atoms with Crippen molar-refractivity contribution in [2.75, 3.05) is 33.2 Å². The highest BCUT2D eigenvalue weighted by atomic mass is 16.4. The van der Waals surface area contributed by atoms with Gasteiger partial charge in [0, 0.05) is 11.1 Å². The molecule has 1 heterocycles. The van der Waals surface area contributed by atoms with Gasteiger partial charge in [-0.1, -0.05) is 18.2 Å². The number of nitrogens with one attached hydrogen (secondary N) is 1. The third-order valence-electron chi connectivity index (χ3n) is 3.28. The topological polar surface area (TPSA) is 96.4 Å². The maximum absolute atomic E-state index is 12.3. The second kappa shape index (κ2) is 6.31. The van der Waals surface area contributed by atoms with Gasteiger partial charge in [-0.25, -0.2) is 0 Å². The van der Waals surface area contributed by atoms with Gasteiger partial charge in [-0.15, -0.1) is 0 Å². The van der Waals surface area contributed by atoms with Crippen LogP contribution < -0.4 is 10.0 Å². The Morgan fingerprint density at radius 2 is 1.68 bits per heavy atom. The van der Waals surface area contributed by atoms with Gasteiger partial charge in [-0.2, -0.15) is 0 Å². The first-order valence-corrected chi connectivity index (χ1v) is 6.00. The highest BCUT2D eigenvalue weighted by Crippen LogP contribution is 2.11. The predicted octanol–water partition coefficient (Wildman–Crippen LogP) is -2.80. The zero-order chi connectivity index (χ0) is 13.1. The van der Waals surface area contributed by atoms with Crippen LogP contribution in [0.3, 0.4) is 0 Å². The maximum atomic E-state index is 12.3. The van der Waals surface area contributed by atoms with Crippen LogP contribution in [0.25, 0.3) is 0 Å². The molecule has 6 nitrogen and oxygen atoms in total. The number of amides is 1. The van der Waals surface area contributed by atoms with Gasteiger partial charge >= 0.3 is 0 Å². The van der Waals surface area contributed by atoms with E-state index in [1.165, 1.54) is 11.0 Å². The molecule has 1 aliphatic rings. The number of aromatic carboxylic acids is 1. The number of rotatable bonds is 2. The highest BCUT2D eigenvalue weighted by Gasteiger charge is 2.23. The maximum Gasteiger partial charge on any atom is 0.254 e. The monoisotopic (exact) mass is 266 g/mol. The van der Waals surface area contributed by atoms with Crippen LogP contribution in [0, 0.1) is 0 Å². The number of hydrogen-bond acceptors (Lipinski definition) is 3. The first-order valence-electron chi connectivity index (χ1n) is 6.00. The molecular formula is C13H18N2O4. The largest absolute Gasteiger partial charge is 0.545 e. The third kappa shape index (κ3) is 3.30. The summed E-state index contributed by atoms with van der Waals surface area (Å²) in [5.41, 5.74) is 0.186. The molecule has 0 saturated carbocycles. The fraction of sp³-hybridized carbons (Fsp3) is 0.385. The minimum atomic E-state index is -1.31. The van der Waals surface area contributed by atoms with Gasteiger partial charge in [0.25, 0.3) is 5.91 Å². The van der Waals surface area contributed by atoms with E-state index in [9.17, 15) is 14.7 Å². The minimum Gasteiger partial charge on any atom is -0.545 e. The molecule has 104 valence electrons. The molecule has 6 heteroatoms. The second-order valence-electron chi connectivity index (χ2n) is 4.58. The molecule has 0 atom stereocenters. The summed E-state index contributed by atoms with van der Waals surface area (Å²) in [4.78, 5) is 26.3. The molecule has 0 spiro atoms. The number of likely N-dealkylation sites (N-methyl/N-ethyl adjacent to an activating group) is 1. The number of benzene rings is 1. The Labute approximate surface area is 111 Å². The van der Waals surface area contributed by atoms with Gasteiger partial charge in [0.05, 0.1) is 39.2 Å². The van der Waals surface area contributed by atoms with Gasteiger partial charge in [-0.3, -0.25) is 4.79 Å². The van der Waals surface area contributed by atoms with E-state index in [1.807, 2.05) is 0 Å². The van der Waals surface area contributed by atoms with Gasteiger partial charge in [-0.05, 0) is 6.07 Å². The van der Waals surface area contributed by atoms with Crippen LogP contribution in [0.5, 0.6) is 0 Å². The molecule has 0 aliphatic carbocycles. The van der Waals surface area contributed by atoms with Crippen molar-refractivity contribution in [1.29, 1.82) is 0 Å². The Bertz CT molecular complexity index is 467. The lowest BCUT2D eigenvalue weighted by molar-refractivity contribution is -0.883. The fourth-order valence-electron chi connectivity index (χ4n) is 2.11.